The second-order valence-corrected chi connectivity index (χ2v) is 5.49. The monoisotopic (exact) mass is 283 g/mol. The molecular formula is C17H17NO3. The first-order valence-corrected chi connectivity index (χ1v) is 6.95. The number of nitrogens with one attached hydrogen (secondary N) is 1. The summed E-state index contributed by atoms with van der Waals surface area (Å²) in [6, 6.07) is 13.1. The molecule has 0 amide bonds. The first kappa shape index (κ1) is 13.6. The number of aromatic amines is 1. The highest BCUT2D eigenvalue weighted by Gasteiger charge is 2.13. The van der Waals surface area contributed by atoms with Crippen LogP contribution in [0.5, 0.6) is 0 Å². The Hall–Kier alpha value is -2.33. The maximum absolute atomic E-state index is 11.2. The van der Waals surface area contributed by atoms with Crippen LogP contribution in [0.4, 0.5) is 0 Å². The van der Waals surface area contributed by atoms with Crippen molar-refractivity contribution >= 4 is 11.1 Å². The number of H-pyrrole nitrogens is 1. The van der Waals surface area contributed by atoms with Crippen molar-refractivity contribution < 1.29 is 9.52 Å². The molecule has 1 heterocycles. The summed E-state index contributed by atoms with van der Waals surface area (Å²) in [6.07, 6.45) is -0.740. The van der Waals surface area contributed by atoms with E-state index in [1.54, 1.807) is 18.2 Å². The number of aromatic nitrogens is 1. The summed E-state index contributed by atoms with van der Waals surface area (Å²) < 4.78 is 5.02. The van der Waals surface area contributed by atoms with Crippen LogP contribution in [0, 0.1) is 0 Å². The lowest BCUT2D eigenvalue weighted by Gasteiger charge is -2.13. The Morgan fingerprint density at radius 1 is 1.00 bits per heavy atom. The van der Waals surface area contributed by atoms with E-state index in [1.165, 1.54) is 5.56 Å². The van der Waals surface area contributed by atoms with Gasteiger partial charge in [-0.05, 0) is 34.7 Å². The lowest BCUT2D eigenvalue weighted by molar-refractivity contribution is 0.220. The number of rotatable bonds is 3. The highest BCUT2D eigenvalue weighted by molar-refractivity contribution is 5.73. The maximum atomic E-state index is 11.2. The minimum atomic E-state index is -0.740. The average molecular weight is 283 g/mol. The Balaban J connectivity index is 1.95. The summed E-state index contributed by atoms with van der Waals surface area (Å²) in [5.41, 5.74) is 3.83. The van der Waals surface area contributed by atoms with Gasteiger partial charge in [-0.3, -0.25) is 4.98 Å². The normalized spacial score (nSPS) is 13.0. The van der Waals surface area contributed by atoms with Crippen LogP contribution in [-0.2, 0) is 0 Å². The summed E-state index contributed by atoms with van der Waals surface area (Å²) in [6.45, 7) is 4.26. The lowest BCUT2D eigenvalue weighted by Crippen LogP contribution is -2.00. The highest BCUT2D eigenvalue weighted by atomic mass is 16.4. The predicted molar refractivity (Wildman–Crippen MR) is 81.4 cm³/mol. The fraction of sp³-hybridized carbons (Fsp3) is 0.235. The highest BCUT2D eigenvalue weighted by Crippen LogP contribution is 2.26. The number of benzene rings is 2. The quantitative estimate of drug-likeness (QED) is 0.775. The molecule has 3 aromatic rings. The Labute approximate surface area is 122 Å². The number of aliphatic hydroxyl groups is 1. The van der Waals surface area contributed by atoms with Gasteiger partial charge in [-0.15, -0.1) is 0 Å². The van der Waals surface area contributed by atoms with Crippen LogP contribution in [0.15, 0.2) is 51.7 Å². The van der Waals surface area contributed by atoms with Crippen molar-refractivity contribution in [3.63, 3.8) is 0 Å². The fourth-order valence-electron chi connectivity index (χ4n) is 2.39. The van der Waals surface area contributed by atoms with E-state index in [-0.39, 0.29) is 0 Å². The summed E-state index contributed by atoms with van der Waals surface area (Å²) in [7, 11) is 0. The molecule has 2 aromatic carbocycles. The number of hydrogen-bond acceptors (Lipinski definition) is 3. The number of hydrogen-bond donors (Lipinski definition) is 2. The SMILES string of the molecule is CC(C)c1ccc(C(O)c2ccc3[nH]c(=O)oc3c2)cc1. The van der Waals surface area contributed by atoms with Crippen LogP contribution < -0.4 is 5.76 Å². The first-order valence-electron chi connectivity index (χ1n) is 6.95. The minimum absolute atomic E-state index is 0.454. The molecule has 0 aliphatic rings. The van der Waals surface area contributed by atoms with Crippen LogP contribution >= 0.6 is 0 Å². The molecule has 1 aromatic heterocycles. The predicted octanol–water partition coefficient (Wildman–Crippen LogP) is 3.33. The van der Waals surface area contributed by atoms with Crippen molar-refractivity contribution in [3.05, 3.63) is 69.7 Å². The van der Waals surface area contributed by atoms with Crippen LogP contribution in [0.2, 0.25) is 0 Å². The molecule has 1 unspecified atom stereocenters. The van der Waals surface area contributed by atoms with Gasteiger partial charge < -0.3 is 9.52 Å². The third-order valence-electron chi connectivity index (χ3n) is 3.68. The molecule has 0 saturated heterocycles. The topological polar surface area (TPSA) is 66.2 Å². The van der Waals surface area contributed by atoms with Crippen molar-refractivity contribution in [1.29, 1.82) is 0 Å². The Kier molecular flexibility index (Phi) is 3.39. The molecule has 108 valence electrons. The molecule has 0 saturated carbocycles. The van der Waals surface area contributed by atoms with Gasteiger partial charge in [0, 0.05) is 0 Å². The molecule has 0 radical (unpaired) electrons. The molecule has 2 N–H and O–H groups in total. The average Bonchev–Trinajstić information content (AvgIpc) is 2.85. The van der Waals surface area contributed by atoms with E-state index in [1.807, 2.05) is 24.3 Å². The van der Waals surface area contributed by atoms with E-state index < -0.39 is 11.9 Å². The molecule has 0 fully saturated rings. The van der Waals surface area contributed by atoms with Crippen molar-refractivity contribution in [2.24, 2.45) is 0 Å². The second-order valence-electron chi connectivity index (χ2n) is 5.49. The summed E-state index contributed by atoms with van der Waals surface area (Å²) in [4.78, 5) is 13.7. The zero-order valence-electron chi connectivity index (χ0n) is 12.0. The number of fused-ring (bicyclic) bond motifs is 1. The Bertz CT molecular complexity index is 812. The molecular weight excluding hydrogens is 266 g/mol. The summed E-state index contributed by atoms with van der Waals surface area (Å²) in [5.74, 6) is -0.0281. The van der Waals surface area contributed by atoms with Gasteiger partial charge in [0.2, 0.25) is 0 Å². The summed E-state index contributed by atoms with van der Waals surface area (Å²) in [5, 5.41) is 10.5. The first-order chi connectivity index (χ1) is 10.0. The van der Waals surface area contributed by atoms with Crippen molar-refractivity contribution in [2.75, 3.05) is 0 Å². The minimum Gasteiger partial charge on any atom is -0.408 e. The van der Waals surface area contributed by atoms with E-state index in [0.29, 0.717) is 22.6 Å². The van der Waals surface area contributed by atoms with Gasteiger partial charge in [0.1, 0.15) is 6.10 Å². The Morgan fingerprint density at radius 3 is 2.29 bits per heavy atom. The van der Waals surface area contributed by atoms with Crippen molar-refractivity contribution in [1.82, 2.24) is 4.98 Å². The van der Waals surface area contributed by atoms with E-state index in [4.69, 9.17) is 4.42 Å². The van der Waals surface area contributed by atoms with Gasteiger partial charge >= 0.3 is 5.76 Å². The van der Waals surface area contributed by atoms with Crippen LogP contribution in [0.3, 0.4) is 0 Å². The van der Waals surface area contributed by atoms with Gasteiger partial charge in [0.05, 0.1) is 5.52 Å². The van der Waals surface area contributed by atoms with Crippen LogP contribution in [-0.4, -0.2) is 10.1 Å². The van der Waals surface area contributed by atoms with E-state index in [0.717, 1.165) is 5.56 Å². The molecule has 0 aliphatic carbocycles. The van der Waals surface area contributed by atoms with Gasteiger partial charge in [0.25, 0.3) is 0 Å². The van der Waals surface area contributed by atoms with Crippen molar-refractivity contribution in [3.8, 4) is 0 Å². The van der Waals surface area contributed by atoms with E-state index >= 15 is 0 Å². The Morgan fingerprint density at radius 2 is 1.62 bits per heavy atom. The summed E-state index contributed by atoms with van der Waals surface area (Å²) >= 11 is 0. The largest absolute Gasteiger partial charge is 0.417 e. The number of oxazole rings is 1. The van der Waals surface area contributed by atoms with Crippen molar-refractivity contribution in [2.45, 2.75) is 25.9 Å². The van der Waals surface area contributed by atoms with E-state index in [9.17, 15) is 9.90 Å². The molecule has 4 heteroatoms. The van der Waals surface area contributed by atoms with E-state index in [2.05, 4.69) is 18.8 Å². The molecule has 0 spiro atoms. The second kappa shape index (κ2) is 5.22. The smallest absolute Gasteiger partial charge is 0.408 e. The molecule has 21 heavy (non-hydrogen) atoms. The maximum Gasteiger partial charge on any atom is 0.417 e. The zero-order valence-corrected chi connectivity index (χ0v) is 12.0. The fourth-order valence-corrected chi connectivity index (χ4v) is 2.39. The van der Waals surface area contributed by atoms with Gasteiger partial charge in [-0.25, -0.2) is 4.79 Å². The van der Waals surface area contributed by atoms with Crippen LogP contribution in [0.25, 0.3) is 11.1 Å². The number of aliphatic hydroxyl groups excluding tert-OH is 1. The molecule has 4 nitrogen and oxygen atoms in total. The zero-order chi connectivity index (χ0) is 15.0. The lowest BCUT2D eigenvalue weighted by atomic mass is 9.97. The molecule has 0 aliphatic heterocycles. The third-order valence-corrected chi connectivity index (χ3v) is 3.68. The van der Waals surface area contributed by atoms with Crippen LogP contribution in [0.1, 0.15) is 42.6 Å². The molecule has 3 rings (SSSR count). The standard InChI is InChI=1S/C17H17NO3/c1-10(2)11-3-5-12(6-4-11)16(19)13-7-8-14-15(9-13)21-17(20)18-14/h3-10,16,19H,1-2H3,(H,18,20). The third kappa shape index (κ3) is 2.62. The van der Waals surface area contributed by atoms with Gasteiger partial charge in [-0.2, -0.15) is 0 Å². The van der Waals surface area contributed by atoms with Gasteiger partial charge in [0.15, 0.2) is 5.58 Å². The molecule has 1 atom stereocenters. The molecule has 0 bridgehead atoms. The van der Waals surface area contributed by atoms with Gasteiger partial charge in [-0.1, -0.05) is 44.2 Å².